The maximum atomic E-state index is 13.2. The van der Waals surface area contributed by atoms with Crippen LogP contribution in [0.25, 0.3) is 22.2 Å². The summed E-state index contributed by atoms with van der Waals surface area (Å²) in [6.45, 7) is 2.11. The first-order valence-corrected chi connectivity index (χ1v) is 11.4. The molecule has 1 aliphatic rings. The lowest BCUT2D eigenvalue weighted by atomic mass is 10.1. The van der Waals surface area contributed by atoms with Crippen LogP contribution >= 0.6 is 0 Å². The molecule has 4 aromatic rings. The number of nitrogens with one attached hydrogen (secondary N) is 2. The molecule has 5 rings (SSSR count). The van der Waals surface area contributed by atoms with Crippen molar-refractivity contribution in [1.82, 2.24) is 20.3 Å². The number of halogens is 4. The summed E-state index contributed by atoms with van der Waals surface area (Å²) in [4.78, 5) is 21.5. The molecule has 188 valence electrons. The summed E-state index contributed by atoms with van der Waals surface area (Å²) in [5.41, 5.74) is 0.918. The van der Waals surface area contributed by atoms with Crippen molar-refractivity contribution in [2.45, 2.75) is 25.4 Å². The van der Waals surface area contributed by atoms with Crippen LogP contribution in [0.4, 0.5) is 17.6 Å². The molecule has 0 amide bonds. The largest absolute Gasteiger partial charge is 0.476 e. The van der Waals surface area contributed by atoms with Crippen LogP contribution in [0.1, 0.15) is 34.5 Å². The minimum Gasteiger partial charge on any atom is -0.476 e. The Morgan fingerprint density at radius 2 is 1.89 bits per heavy atom. The van der Waals surface area contributed by atoms with Crippen molar-refractivity contribution in [1.29, 1.82) is 0 Å². The Kier molecular flexibility index (Phi) is 7.64. The molecular formula is C26H24F4N4O2. The molecule has 6 nitrogen and oxygen atoms in total. The zero-order valence-corrected chi connectivity index (χ0v) is 19.1. The van der Waals surface area contributed by atoms with Gasteiger partial charge >= 0.3 is 12.1 Å². The van der Waals surface area contributed by atoms with Gasteiger partial charge in [0.25, 0.3) is 0 Å². The molecular weight excluding hydrogens is 476 g/mol. The van der Waals surface area contributed by atoms with Gasteiger partial charge in [-0.25, -0.2) is 14.2 Å². The number of rotatable bonds is 7. The number of carbonyl (C=O) groups is 1. The van der Waals surface area contributed by atoms with Crippen LogP contribution in [-0.2, 0) is 12.6 Å². The third kappa shape index (κ3) is 6.45. The molecule has 0 saturated heterocycles. The van der Waals surface area contributed by atoms with Crippen LogP contribution in [0, 0.1) is 11.7 Å². The molecule has 0 unspecified atom stereocenters. The first-order valence-electron chi connectivity index (χ1n) is 11.4. The summed E-state index contributed by atoms with van der Waals surface area (Å²) in [6, 6.07) is 9.20. The molecule has 2 aromatic carbocycles. The number of H-pyrrole nitrogens is 1. The molecule has 0 spiro atoms. The number of fused-ring (bicyclic) bond motifs is 1. The van der Waals surface area contributed by atoms with Crippen LogP contribution in [0.2, 0.25) is 0 Å². The van der Waals surface area contributed by atoms with Gasteiger partial charge in [-0.3, -0.25) is 4.98 Å². The highest BCUT2D eigenvalue weighted by Crippen LogP contribution is 2.32. The van der Waals surface area contributed by atoms with Crippen molar-refractivity contribution in [2.75, 3.05) is 13.1 Å². The monoisotopic (exact) mass is 500 g/mol. The number of carboxylic acids is 1. The van der Waals surface area contributed by atoms with E-state index in [1.807, 2.05) is 6.20 Å². The number of carboxylic acid groups (broad SMARTS) is 1. The average molecular weight is 500 g/mol. The topological polar surface area (TPSA) is 90.9 Å². The highest BCUT2D eigenvalue weighted by atomic mass is 19.4. The molecule has 3 N–H and O–H groups in total. The molecule has 0 atom stereocenters. The van der Waals surface area contributed by atoms with Gasteiger partial charge in [0.05, 0.1) is 5.56 Å². The predicted octanol–water partition coefficient (Wildman–Crippen LogP) is 5.71. The van der Waals surface area contributed by atoms with E-state index in [1.54, 1.807) is 12.1 Å². The second-order valence-electron chi connectivity index (χ2n) is 8.54. The molecule has 36 heavy (non-hydrogen) atoms. The van der Waals surface area contributed by atoms with Crippen molar-refractivity contribution in [3.05, 3.63) is 83.7 Å². The quantitative estimate of drug-likeness (QED) is 0.223. The van der Waals surface area contributed by atoms with Gasteiger partial charge in [0.15, 0.2) is 5.69 Å². The Bertz CT molecular complexity index is 1350. The fourth-order valence-electron chi connectivity index (χ4n) is 3.76. The number of aromatic carboxylic acids is 1. The fourth-order valence-corrected chi connectivity index (χ4v) is 3.76. The van der Waals surface area contributed by atoms with E-state index >= 15 is 0 Å². The highest BCUT2D eigenvalue weighted by Gasteiger charge is 2.31. The lowest BCUT2D eigenvalue weighted by Gasteiger charge is -2.09. The third-order valence-corrected chi connectivity index (χ3v) is 5.79. The third-order valence-electron chi connectivity index (χ3n) is 5.79. The van der Waals surface area contributed by atoms with Crippen LogP contribution in [0.15, 0.2) is 61.1 Å². The van der Waals surface area contributed by atoms with Crippen molar-refractivity contribution in [3.8, 4) is 11.3 Å². The number of aromatic nitrogens is 3. The number of hydrogen-bond acceptors (Lipinski definition) is 4. The van der Waals surface area contributed by atoms with E-state index in [4.69, 9.17) is 5.11 Å². The van der Waals surface area contributed by atoms with Gasteiger partial charge in [-0.05, 0) is 74.2 Å². The lowest BCUT2D eigenvalue weighted by molar-refractivity contribution is -0.137. The summed E-state index contributed by atoms with van der Waals surface area (Å²) in [5, 5.41) is 13.4. The van der Waals surface area contributed by atoms with Crippen molar-refractivity contribution < 1.29 is 27.5 Å². The summed E-state index contributed by atoms with van der Waals surface area (Å²) >= 11 is 0. The van der Waals surface area contributed by atoms with E-state index < -0.39 is 17.7 Å². The Morgan fingerprint density at radius 3 is 2.61 bits per heavy atom. The zero-order chi connectivity index (χ0) is 25.7. The summed E-state index contributed by atoms with van der Waals surface area (Å²) in [7, 11) is 0. The molecule has 10 heteroatoms. The van der Waals surface area contributed by atoms with Gasteiger partial charge in [-0.2, -0.15) is 13.2 Å². The Hall–Kier alpha value is -3.79. The van der Waals surface area contributed by atoms with Crippen molar-refractivity contribution in [2.24, 2.45) is 5.92 Å². The molecule has 2 aromatic heterocycles. The van der Waals surface area contributed by atoms with Gasteiger partial charge < -0.3 is 15.4 Å². The predicted molar refractivity (Wildman–Crippen MR) is 127 cm³/mol. The smallest absolute Gasteiger partial charge is 0.416 e. The van der Waals surface area contributed by atoms with Gasteiger partial charge in [0.2, 0.25) is 0 Å². The first kappa shape index (κ1) is 25.3. The van der Waals surface area contributed by atoms with Gasteiger partial charge in [0.1, 0.15) is 11.5 Å². The van der Waals surface area contributed by atoms with E-state index in [-0.39, 0.29) is 22.8 Å². The molecule has 0 bridgehead atoms. The summed E-state index contributed by atoms with van der Waals surface area (Å²) < 4.78 is 50.9. The van der Waals surface area contributed by atoms with E-state index in [2.05, 4.69) is 20.3 Å². The maximum absolute atomic E-state index is 13.2. The maximum Gasteiger partial charge on any atom is 0.416 e. The fraction of sp³-hybridized carbons (Fsp3) is 0.269. The van der Waals surface area contributed by atoms with Crippen LogP contribution in [0.5, 0.6) is 0 Å². The van der Waals surface area contributed by atoms with E-state index in [1.165, 1.54) is 49.0 Å². The van der Waals surface area contributed by atoms with E-state index in [9.17, 15) is 22.4 Å². The minimum absolute atomic E-state index is 0.0559. The Labute approximate surface area is 204 Å². The normalized spacial score (nSPS) is 13.3. The molecule has 1 saturated carbocycles. The molecule has 2 heterocycles. The average Bonchev–Trinajstić information content (AvgIpc) is 3.61. The lowest BCUT2D eigenvalue weighted by Crippen LogP contribution is -2.19. The zero-order valence-electron chi connectivity index (χ0n) is 19.1. The minimum atomic E-state index is -4.50. The number of nitrogens with zero attached hydrogens (tertiary/aromatic N) is 2. The van der Waals surface area contributed by atoms with Gasteiger partial charge in [-0.15, -0.1) is 0 Å². The van der Waals surface area contributed by atoms with Crippen LogP contribution < -0.4 is 5.32 Å². The number of alkyl halides is 3. The number of aromatic amines is 1. The second-order valence-corrected chi connectivity index (χ2v) is 8.54. The first-order chi connectivity index (χ1) is 17.2. The standard InChI is InChI=1S/C14H17FN2.C12H7F3N2O2/c15-12-3-4-14-13(7-12)11(9-17-14)5-6-16-8-10-1-2-10;13-12(14,15)8-3-1-2-7(6-8)9-10(11(18)19)17-5-4-16-9/h3-4,7,9-10,16-17H,1-2,5-6,8H2;1-6H,(H,18,19). The summed E-state index contributed by atoms with van der Waals surface area (Å²) in [6.07, 6.45) is 3.60. The van der Waals surface area contributed by atoms with E-state index in [0.29, 0.717) is 0 Å². The van der Waals surface area contributed by atoms with E-state index in [0.717, 1.165) is 48.5 Å². The highest BCUT2D eigenvalue weighted by molar-refractivity contribution is 5.92. The SMILES string of the molecule is Fc1ccc2[nH]cc(CCNCC3CC3)c2c1.O=C(O)c1nccnc1-c1cccc(C(F)(F)F)c1. The molecule has 0 aliphatic heterocycles. The van der Waals surface area contributed by atoms with Crippen LogP contribution in [0.3, 0.4) is 0 Å². The molecule has 1 fully saturated rings. The Balaban J connectivity index is 0.000000170. The van der Waals surface area contributed by atoms with Crippen molar-refractivity contribution in [3.63, 3.8) is 0 Å². The van der Waals surface area contributed by atoms with Gasteiger partial charge in [0, 0.05) is 35.1 Å². The second kappa shape index (κ2) is 10.9. The number of benzene rings is 2. The summed E-state index contributed by atoms with van der Waals surface area (Å²) in [5.74, 6) is -0.597. The number of hydrogen-bond donors (Lipinski definition) is 3. The molecule has 0 radical (unpaired) electrons. The Morgan fingerprint density at radius 1 is 1.11 bits per heavy atom. The molecule has 1 aliphatic carbocycles. The van der Waals surface area contributed by atoms with Crippen molar-refractivity contribution >= 4 is 16.9 Å². The van der Waals surface area contributed by atoms with Gasteiger partial charge in [-0.1, -0.05) is 12.1 Å². The van der Waals surface area contributed by atoms with Crippen LogP contribution in [-0.4, -0.2) is 39.1 Å².